The molecule has 0 spiro atoms. The largest absolute Gasteiger partial charge is 0.497 e. The Morgan fingerprint density at radius 2 is 1.78 bits per heavy atom. The van der Waals surface area contributed by atoms with Crippen molar-refractivity contribution < 1.29 is 14.3 Å². The van der Waals surface area contributed by atoms with E-state index in [4.69, 9.17) is 4.74 Å². The number of nitrogens with one attached hydrogen (secondary N) is 1. The van der Waals surface area contributed by atoms with E-state index in [1.54, 1.807) is 12.0 Å². The highest BCUT2D eigenvalue weighted by molar-refractivity contribution is 5.84. The third kappa shape index (κ3) is 7.32. The number of hydrogen-bond acceptors (Lipinski definition) is 6. The molecule has 1 fully saturated rings. The number of methoxy groups -OCH3 is 1. The van der Waals surface area contributed by atoms with Crippen LogP contribution in [0.3, 0.4) is 0 Å². The number of aromatic nitrogens is 2. The first-order valence-electron chi connectivity index (χ1n) is 12.7. The molecule has 0 radical (unpaired) electrons. The van der Waals surface area contributed by atoms with E-state index >= 15 is 0 Å². The van der Waals surface area contributed by atoms with E-state index in [2.05, 4.69) is 20.4 Å². The van der Waals surface area contributed by atoms with Crippen molar-refractivity contribution in [2.75, 3.05) is 44.7 Å². The maximum Gasteiger partial charge on any atom is 0.318 e. The van der Waals surface area contributed by atoms with Crippen molar-refractivity contribution in [3.63, 3.8) is 0 Å². The maximum absolute atomic E-state index is 13.2. The first kappa shape index (κ1) is 27.2. The number of hydrogen-bond donors (Lipinski definition) is 1. The lowest BCUT2D eigenvalue weighted by atomic mass is 10.1. The molecular weight excluding hydrogens is 456 g/mol. The fraction of sp³-hybridized carbons (Fsp3) is 0.556. The number of amides is 3. The van der Waals surface area contributed by atoms with Crippen LogP contribution in [-0.2, 0) is 4.79 Å². The molecule has 3 rings (SSSR count). The van der Waals surface area contributed by atoms with Crippen LogP contribution < -0.4 is 15.0 Å². The predicted octanol–water partition coefficient (Wildman–Crippen LogP) is 3.80. The van der Waals surface area contributed by atoms with Gasteiger partial charge in [-0.3, -0.25) is 4.79 Å². The topological polar surface area (TPSA) is 90.9 Å². The lowest BCUT2D eigenvalue weighted by Crippen LogP contribution is -2.54. The van der Waals surface area contributed by atoms with E-state index in [-0.39, 0.29) is 30.1 Å². The summed E-state index contributed by atoms with van der Waals surface area (Å²) in [7, 11) is 1.64. The lowest BCUT2D eigenvalue weighted by Gasteiger charge is -2.33. The molecule has 1 atom stereocenters. The van der Waals surface area contributed by atoms with Crippen LogP contribution in [0, 0.1) is 0 Å². The average molecular weight is 497 g/mol. The van der Waals surface area contributed by atoms with Gasteiger partial charge in [-0.05, 0) is 76.9 Å². The highest BCUT2D eigenvalue weighted by atomic mass is 16.5. The quantitative estimate of drug-likeness (QED) is 0.627. The van der Waals surface area contributed by atoms with Crippen LogP contribution in [0.4, 0.5) is 10.6 Å². The van der Waals surface area contributed by atoms with Crippen molar-refractivity contribution in [1.29, 1.82) is 0 Å². The molecule has 1 aromatic heterocycles. The highest BCUT2D eigenvalue weighted by Crippen LogP contribution is 2.22. The van der Waals surface area contributed by atoms with Gasteiger partial charge in [0.1, 0.15) is 12.3 Å². The molecule has 0 bridgehead atoms. The van der Waals surface area contributed by atoms with Gasteiger partial charge >= 0.3 is 6.03 Å². The number of urea groups is 1. The summed E-state index contributed by atoms with van der Waals surface area (Å²) in [6.45, 7) is 12.6. The second-order valence-electron chi connectivity index (χ2n) is 10.3. The Labute approximate surface area is 214 Å². The molecule has 1 aromatic carbocycles. The van der Waals surface area contributed by atoms with Crippen LogP contribution >= 0.6 is 0 Å². The third-order valence-corrected chi connectivity index (χ3v) is 6.38. The SMILES string of the molecule is CC[C@H](C)N(CC(=O)N1CCCN(c2ccc(-c3ccc(OC)cc3)nn2)CC1)C(=O)NC(C)(C)C. The van der Waals surface area contributed by atoms with Crippen molar-refractivity contribution in [2.45, 2.75) is 59.0 Å². The molecule has 1 aliphatic rings. The number of ether oxygens (including phenoxy) is 1. The van der Waals surface area contributed by atoms with Crippen molar-refractivity contribution in [3.8, 4) is 17.0 Å². The van der Waals surface area contributed by atoms with Crippen molar-refractivity contribution in [2.24, 2.45) is 0 Å². The van der Waals surface area contributed by atoms with Crippen molar-refractivity contribution >= 4 is 17.8 Å². The van der Waals surface area contributed by atoms with E-state index in [1.165, 1.54) is 0 Å². The lowest BCUT2D eigenvalue weighted by molar-refractivity contribution is -0.132. The molecule has 1 N–H and O–H groups in total. The van der Waals surface area contributed by atoms with E-state index < -0.39 is 0 Å². The minimum absolute atomic E-state index is 0.0258. The minimum Gasteiger partial charge on any atom is -0.497 e. The molecule has 2 heterocycles. The monoisotopic (exact) mass is 496 g/mol. The summed E-state index contributed by atoms with van der Waals surface area (Å²) < 4.78 is 5.22. The second-order valence-corrected chi connectivity index (χ2v) is 10.3. The van der Waals surface area contributed by atoms with Crippen LogP contribution in [0.15, 0.2) is 36.4 Å². The van der Waals surface area contributed by atoms with E-state index in [0.29, 0.717) is 19.6 Å². The highest BCUT2D eigenvalue weighted by Gasteiger charge is 2.28. The normalized spacial score (nSPS) is 15.2. The molecule has 9 nitrogen and oxygen atoms in total. The van der Waals surface area contributed by atoms with Crippen LogP contribution in [0.2, 0.25) is 0 Å². The van der Waals surface area contributed by atoms with Crippen molar-refractivity contribution in [1.82, 2.24) is 25.3 Å². The Balaban J connectivity index is 1.61. The summed E-state index contributed by atoms with van der Waals surface area (Å²) in [4.78, 5) is 31.7. The minimum atomic E-state index is -0.362. The van der Waals surface area contributed by atoms with E-state index in [1.807, 2.05) is 75.9 Å². The molecule has 0 aliphatic carbocycles. The van der Waals surface area contributed by atoms with Gasteiger partial charge in [0.25, 0.3) is 0 Å². The summed E-state index contributed by atoms with van der Waals surface area (Å²) in [5, 5.41) is 11.9. The standard InChI is InChI=1S/C27H40N6O3/c1-7-20(2)33(26(35)28-27(3,4)5)19-25(34)32-16-8-15-31(17-18-32)24-14-13-23(29-30-24)21-9-11-22(36-6)12-10-21/h9-14,20H,7-8,15-19H2,1-6H3,(H,28,35)/t20-/m0/s1. The smallest absolute Gasteiger partial charge is 0.318 e. The van der Waals surface area contributed by atoms with Crippen LogP contribution in [0.5, 0.6) is 5.75 Å². The first-order chi connectivity index (χ1) is 17.1. The molecule has 196 valence electrons. The number of carbonyl (C=O) groups is 2. The van der Waals surface area contributed by atoms with Gasteiger partial charge in [-0.1, -0.05) is 6.92 Å². The van der Waals surface area contributed by atoms with Gasteiger partial charge in [-0.2, -0.15) is 0 Å². The van der Waals surface area contributed by atoms with Gasteiger partial charge in [-0.25, -0.2) is 4.79 Å². The van der Waals surface area contributed by atoms with Crippen LogP contribution in [-0.4, -0.2) is 83.3 Å². The Morgan fingerprint density at radius 1 is 1.06 bits per heavy atom. The molecule has 1 saturated heterocycles. The number of benzene rings is 1. The van der Waals surface area contributed by atoms with E-state index in [9.17, 15) is 9.59 Å². The molecule has 0 unspecified atom stereocenters. The number of nitrogens with zero attached hydrogens (tertiary/aromatic N) is 5. The second kappa shape index (κ2) is 12.1. The first-order valence-corrected chi connectivity index (χ1v) is 12.7. The summed E-state index contributed by atoms with van der Waals surface area (Å²) in [6.07, 6.45) is 1.61. The number of rotatable bonds is 7. The fourth-order valence-electron chi connectivity index (χ4n) is 4.09. The zero-order chi connectivity index (χ0) is 26.3. The van der Waals surface area contributed by atoms with Gasteiger partial charge in [0.15, 0.2) is 5.82 Å². The summed E-state index contributed by atoms with van der Waals surface area (Å²) in [5.74, 6) is 1.57. The van der Waals surface area contributed by atoms with Crippen LogP contribution in [0.1, 0.15) is 47.5 Å². The molecule has 36 heavy (non-hydrogen) atoms. The molecule has 1 aliphatic heterocycles. The van der Waals surface area contributed by atoms with Gasteiger partial charge < -0.3 is 24.8 Å². The maximum atomic E-state index is 13.2. The Kier molecular flexibility index (Phi) is 9.12. The Bertz CT molecular complexity index is 1000. The zero-order valence-electron chi connectivity index (χ0n) is 22.5. The predicted molar refractivity (Wildman–Crippen MR) is 142 cm³/mol. The zero-order valence-corrected chi connectivity index (χ0v) is 22.5. The molecule has 2 aromatic rings. The van der Waals surface area contributed by atoms with Gasteiger partial charge in [0, 0.05) is 43.3 Å². The summed E-state index contributed by atoms with van der Waals surface area (Å²) in [6, 6.07) is 11.4. The van der Waals surface area contributed by atoms with Crippen LogP contribution in [0.25, 0.3) is 11.3 Å². The summed E-state index contributed by atoms with van der Waals surface area (Å²) >= 11 is 0. The summed E-state index contributed by atoms with van der Waals surface area (Å²) in [5.41, 5.74) is 1.41. The number of carbonyl (C=O) groups excluding carboxylic acids is 2. The molecule has 9 heteroatoms. The fourth-order valence-corrected chi connectivity index (χ4v) is 4.09. The van der Waals surface area contributed by atoms with E-state index in [0.717, 1.165) is 42.2 Å². The number of anilines is 1. The van der Waals surface area contributed by atoms with Gasteiger partial charge in [0.2, 0.25) is 5.91 Å². The van der Waals surface area contributed by atoms with Gasteiger partial charge in [0.05, 0.1) is 12.8 Å². The Hall–Kier alpha value is -3.36. The van der Waals surface area contributed by atoms with Gasteiger partial charge in [-0.15, -0.1) is 10.2 Å². The molecular formula is C27H40N6O3. The van der Waals surface area contributed by atoms with Crippen molar-refractivity contribution in [3.05, 3.63) is 36.4 Å². The average Bonchev–Trinajstić information content (AvgIpc) is 3.12. The third-order valence-electron chi connectivity index (χ3n) is 6.38. The molecule has 0 saturated carbocycles. The molecule has 3 amide bonds. The Morgan fingerprint density at radius 3 is 2.36 bits per heavy atom.